The largest absolute Gasteiger partial charge is 0.493 e. The molecule has 1 aliphatic rings. The summed E-state index contributed by atoms with van der Waals surface area (Å²) in [5, 5.41) is 9.33. The minimum absolute atomic E-state index is 0. The predicted octanol–water partition coefficient (Wildman–Crippen LogP) is 2.44. The Kier molecular flexibility index (Phi) is 10.9. The summed E-state index contributed by atoms with van der Waals surface area (Å²) in [5.41, 5.74) is 1.03. The van der Waals surface area contributed by atoms with Crippen LogP contribution in [-0.2, 0) is 11.3 Å². The van der Waals surface area contributed by atoms with E-state index in [9.17, 15) is 4.79 Å². The van der Waals surface area contributed by atoms with Gasteiger partial charge in [-0.15, -0.1) is 24.0 Å². The van der Waals surface area contributed by atoms with Gasteiger partial charge < -0.3 is 25.4 Å². The number of hydrogen-bond donors (Lipinski definition) is 3. The first-order valence-electron chi connectivity index (χ1n) is 9.11. The van der Waals surface area contributed by atoms with Gasteiger partial charge in [0.2, 0.25) is 5.91 Å². The molecular formula is C19H31IN4O3. The lowest BCUT2D eigenvalue weighted by Gasteiger charge is -2.23. The number of halogens is 1. The van der Waals surface area contributed by atoms with E-state index in [-0.39, 0.29) is 36.4 Å². The number of nitrogens with zero attached hydrogens (tertiary/aromatic N) is 1. The highest BCUT2D eigenvalue weighted by atomic mass is 127. The fraction of sp³-hybridized carbons (Fsp3) is 0.579. The summed E-state index contributed by atoms with van der Waals surface area (Å²) < 4.78 is 10.5. The number of amides is 1. The number of hydrogen-bond acceptors (Lipinski definition) is 4. The molecule has 3 N–H and O–H groups in total. The monoisotopic (exact) mass is 490 g/mol. The van der Waals surface area contributed by atoms with Gasteiger partial charge in [0.15, 0.2) is 17.5 Å². The van der Waals surface area contributed by atoms with Crippen molar-refractivity contribution in [1.82, 2.24) is 16.0 Å². The van der Waals surface area contributed by atoms with E-state index in [0.29, 0.717) is 30.0 Å². The van der Waals surface area contributed by atoms with Crippen molar-refractivity contribution in [3.8, 4) is 11.5 Å². The van der Waals surface area contributed by atoms with Crippen molar-refractivity contribution in [2.45, 2.75) is 44.7 Å². The molecule has 27 heavy (non-hydrogen) atoms. The summed E-state index contributed by atoms with van der Waals surface area (Å²) in [6.07, 6.45) is 5.84. The third kappa shape index (κ3) is 7.82. The number of carbonyl (C=O) groups excluding carboxylic acids is 1. The zero-order valence-electron chi connectivity index (χ0n) is 16.3. The normalized spacial score (nSPS) is 14.7. The molecule has 8 heteroatoms. The molecule has 1 fully saturated rings. The van der Waals surface area contributed by atoms with Crippen LogP contribution < -0.4 is 25.4 Å². The SMILES string of the molecule is CN=C(NCC(=O)NC1CCCCC1)NCc1ccc(OC)c(OC)c1.I. The molecule has 1 amide bonds. The van der Waals surface area contributed by atoms with Gasteiger partial charge in [-0.1, -0.05) is 25.3 Å². The van der Waals surface area contributed by atoms with Crippen LogP contribution in [0.1, 0.15) is 37.7 Å². The molecule has 0 bridgehead atoms. The van der Waals surface area contributed by atoms with E-state index in [1.165, 1.54) is 19.3 Å². The second-order valence-electron chi connectivity index (χ2n) is 6.37. The zero-order chi connectivity index (χ0) is 18.8. The van der Waals surface area contributed by atoms with E-state index < -0.39 is 0 Å². The van der Waals surface area contributed by atoms with Crippen LogP contribution in [0.2, 0.25) is 0 Å². The van der Waals surface area contributed by atoms with Crippen molar-refractivity contribution in [3.05, 3.63) is 23.8 Å². The van der Waals surface area contributed by atoms with E-state index in [0.717, 1.165) is 18.4 Å². The summed E-state index contributed by atoms with van der Waals surface area (Å²) in [5.74, 6) is 1.96. The van der Waals surface area contributed by atoms with Gasteiger partial charge in [0.05, 0.1) is 20.8 Å². The minimum atomic E-state index is 0. The first-order chi connectivity index (χ1) is 12.7. The quantitative estimate of drug-likeness (QED) is 0.311. The van der Waals surface area contributed by atoms with Gasteiger partial charge in [-0.2, -0.15) is 0 Å². The highest BCUT2D eigenvalue weighted by Gasteiger charge is 2.15. The Morgan fingerprint density at radius 1 is 1.11 bits per heavy atom. The van der Waals surface area contributed by atoms with Crippen molar-refractivity contribution in [1.29, 1.82) is 0 Å². The number of methoxy groups -OCH3 is 2. The topological polar surface area (TPSA) is 84.0 Å². The van der Waals surface area contributed by atoms with Gasteiger partial charge in [-0.3, -0.25) is 9.79 Å². The highest BCUT2D eigenvalue weighted by Crippen LogP contribution is 2.27. The standard InChI is InChI=1S/C19H30N4O3.HI/c1-20-19(22-13-18(24)23-15-7-5-4-6-8-15)21-12-14-9-10-16(25-2)17(11-14)26-3;/h9-11,15H,4-8,12-13H2,1-3H3,(H,23,24)(H2,20,21,22);1H. The number of guanidine groups is 1. The predicted molar refractivity (Wildman–Crippen MR) is 118 cm³/mol. The molecule has 0 saturated heterocycles. The van der Waals surface area contributed by atoms with Crippen LogP contribution in [0.3, 0.4) is 0 Å². The molecule has 0 unspecified atom stereocenters. The van der Waals surface area contributed by atoms with Crippen molar-refractivity contribution in [2.75, 3.05) is 27.8 Å². The molecule has 1 aliphatic carbocycles. The van der Waals surface area contributed by atoms with Gasteiger partial charge >= 0.3 is 0 Å². The van der Waals surface area contributed by atoms with Gasteiger partial charge in [-0.25, -0.2) is 0 Å². The summed E-state index contributed by atoms with van der Waals surface area (Å²) >= 11 is 0. The first kappa shape index (κ1) is 23.3. The van der Waals surface area contributed by atoms with Gasteiger partial charge in [0.1, 0.15) is 0 Å². The maximum absolute atomic E-state index is 12.1. The number of ether oxygens (including phenoxy) is 2. The fourth-order valence-electron chi connectivity index (χ4n) is 3.09. The molecule has 152 valence electrons. The number of nitrogens with one attached hydrogen (secondary N) is 3. The average Bonchev–Trinajstić information content (AvgIpc) is 2.68. The van der Waals surface area contributed by atoms with Crippen molar-refractivity contribution < 1.29 is 14.3 Å². The molecule has 1 aromatic carbocycles. The zero-order valence-corrected chi connectivity index (χ0v) is 18.7. The molecule has 0 aromatic heterocycles. The number of carbonyl (C=O) groups is 1. The molecule has 0 heterocycles. The Hall–Kier alpha value is -1.71. The van der Waals surface area contributed by atoms with E-state index in [4.69, 9.17) is 9.47 Å². The maximum Gasteiger partial charge on any atom is 0.239 e. The number of aliphatic imine (C=N–C) groups is 1. The fourth-order valence-corrected chi connectivity index (χ4v) is 3.09. The van der Waals surface area contributed by atoms with Crippen LogP contribution in [0.15, 0.2) is 23.2 Å². The molecule has 7 nitrogen and oxygen atoms in total. The van der Waals surface area contributed by atoms with Crippen molar-refractivity contribution in [2.24, 2.45) is 4.99 Å². The first-order valence-corrected chi connectivity index (χ1v) is 9.11. The van der Waals surface area contributed by atoms with Crippen LogP contribution in [0.4, 0.5) is 0 Å². The third-order valence-electron chi connectivity index (χ3n) is 4.52. The van der Waals surface area contributed by atoms with Crippen LogP contribution in [0, 0.1) is 0 Å². The van der Waals surface area contributed by atoms with Gasteiger partial charge in [-0.05, 0) is 30.5 Å². The summed E-state index contributed by atoms with van der Waals surface area (Å²) in [6, 6.07) is 6.05. The molecular weight excluding hydrogens is 459 g/mol. The lowest BCUT2D eigenvalue weighted by molar-refractivity contribution is -0.120. The summed E-state index contributed by atoms with van der Waals surface area (Å²) in [7, 11) is 4.91. The lowest BCUT2D eigenvalue weighted by Crippen LogP contribution is -2.45. The number of rotatable bonds is 7. The molecule has 1 saturated carbocycles. The second-order valence-corrected chi connectivity index (χ2v) is 6.37. The van der Waals surface area contributed by atoms with Crippen LogP contribution in [0.25, 0.3) is 0 Å². The van der Waals surface area contributed by atoms with Gasteiger partial charge in [0.25, 0.3) is 0 Å². The molecule has 2 rings (SSSR count). The minimum Gasteiger partial charge on any atom is -0.493 e. The Morgan fingerprint density at radius 3 is 2.44 bits per heavy atom. The molecule has 0 spiro atoms. The Bertz CT molecular complexity index is 619. The van der Waals surface area contributed by atoms with Crippen LogP contribution >= 0.6 is 24.0 Å². The third-order valence-corrected chi connectivity index (χ3v) is 4.52. The molecule has 0 aliphatic heterocycles. The van der Waals surface area contributed by atoms with E-state index in [2.05, 4.69) is 20.9 Å². The Balaban J connectivity index is 0.00000364. The van der Waals surface area contributed by atoms with Crippen molar-refractivity contribution in [3.63, 3.8) is 0 Å². The summed E-state index contributed by atoms with van der Waals surface area (Å²) in [6.45, 7) is 0.770. The highest BCUT2D eigenvalue weighted by molar-refractivity contribution is 14.0. The van der Waals surface area contributed by atoms with Crippen LogP contribution in [-0.4, -0.2) is 45.7 Å². The van der Waals surface area contributed by atoms with Crippen molar-refractivity contribution >= 4 is 35.8 Å². The van der Waals surface area contributed by atoms with E-state index in [1.807, 2.05) is 18.2 Å². The van der Waals surface area contributed by atoms with Gasteiger partial charge in [0, 0.05) is 19.6 Å². The molecule has 0 radical (unpaired) electrons. The Morgan fingerprint density at radius 2 is 1.81 bits per heavy atom. The number of benzene rings is 1. The average molecular weight is 490 g/mol. The maximum atomic E-state index is 12.1. The van der Waals surface area contributed by atoms with E-state index >= 15 is 0 Å². The molecule has 0 atom stereocenters. The lowest BCUT2D eigenvalue weighted by atomic mass is 9.95. The molecule has 1 aromatic rings. The summed E-state index contributed by atoms with van der Waals surface area (Å²) in [4.78, 5) is 16.2. The Labute approximate surface area is 178 Å². The smallest absolute Gasteiger partial charge is 0.239 e. The van der Waals surface area contributed by atoms with Crippen LogP contribution in [0.5, 0.6) is 11.5 Å². The van der Waals surface area contributed by atoms with E-state index in [1.54, 1.807) is 21.3 Å². The second kappa shape index (κ2) is 12.6.